The Morgan fingerprint density at radius 1 is 1.18 bits per heavy atom. The third kappa shape index (κ3) is 4.25. The van der Waals surface area contributed by atoms with Gasteiger partial charge in [0, 0.05) is 23.0 Å². The first-order valence-electron chi connectivity index (χ1n) is 11.5. The number of hydrogen-bond acceptors (Lipinski definition) is 5. The summed E-state index contributed by atoms with van der Waals surface area (Å²) in [5, 5.41) is 9.49. The molecule has 7 nitrogen and oxygen atoms in total. The summed E-state index contributed by atoms with van der Waals surface area (Å²) >= 11 is 0. The zero-order chi connectivity index (χ0) is 23.8. The number of amides is 2. The summed E-state index contributed by atoms with van der Waals surface area (Å²) in [5.41, 5.74) is 2.50. The van der Waals surface area contributed by atoms with Crippen molar-refractivity contribution >= 4 is 29.2 Å². The number of fused-ring (bicyclic) bond motifs is 2. The maximum absolute atomic E-state index is 13.5. The van der Waals surface area contributed by atoms with E-state index in [1.165, 1.54) is 0 Å². The Kier molecular flexibility index (Phi) is 6.26. The van der Waals surface area contributed by atoms with Crippen LogP contribution in [-0.4, -0.2) is 30.4 Å². The first-order valence-corrected chi connectivity index (χ1v) is 11.5. The van der Waals surface area contributed by atoms with Gasteiger partial charge >= 0.3 is 5.97 Å². The quantitative estimate of drug-likeness (QED) is 0.580. The topological polar surface area (TPSA) is 96.5 Å². The van der Waals surface area contributed by atoms with Gasteiger partial charge in [0.15, 0.2) is 0 Å². The van der Waals surface area contributed by atoms with Crippen LogP contribution in [0.25, 0.3) is 0 Å². The Bertz CT molecular complexity index is 1080. The number of esters is 1. The van der Waals surface area contributed by atoms with Crippen LogP contribution in [0.15, 0.2) is 42.5 Å². The van der Waals surface area contributed by atoms with Gasteiger partial charge in [0.05, 0.1) is 18.1 Å². The van der Waals surface area contributed by atoms with Gasteiger partial charge in [-0.3, -0.25) is 14.9 Å². The van der Waals surface area contributed by atoms with Gasteiger partial charge in [-0.15, -0.1) is 0 Å². The summed E-state index contributed by atoms with van der Waals surface area (Å²) in [5.74, 6) is -0.956. The van der Waals surface area contributed by atoms with Crippen molar-refractivity contribution in [3.63, 3.8) is 0 Å². The molecule has 174 valence electrons. The second-order valence-electron chi connectivity index (χ2n) is 9.36. The molecule has 0 aliphatic carbocycles. The maximum atomic E-state index is 13.5. The Morgan fingerprint density at radius 3 is 2.58 bits per heavy atom. The van der Waals surface area contributed by atoms with E-state index in [0.29, 0.717) is 30.2 Å². The molecule has 4 rings (SSSR count). The van der Waals surface area contributed by atoms with Gasteiger partial charge in [0.25, 0.3) is 0 Å². The molecule has 7 heteroatoms. The highest BCUT2D eigenvalue weighted by Gasteiger charge is 2.60. The van der Waals surface area contributed by atoms with Gasteiger partial charge in [-0.25, -0.2) is 4.79 Å². The van der Waals surface area contributed by atoms with Gasteiger partial charge in [-0.05, 0) is 62.9 Å². The van der Waals surface area contributed by atoms with Gasteiger partial charge in [0.2, 0.25) is 11.8 Å². The van der Waals surface area contributed by atoms with Crippen molar-refractivity contribution in [1.29, 1.82) is 0 Å². The molecule has 0 aromatic heterocycles. The molecular formula is C26H31N3O4. The number of benzene rings is 2. The smallest absolute Gasteiger partial charge is 0.338 e. The molecule has 2 aromatic rings. The lowest BCUT2D eigenvalue weighted by atomic mass is 9.79. The van der Waals surface area contributed by atoms with E-state index < -0.39 is 17.4 Å². The summed E-state index contributed by atoms with van der Waals surface area (Å²) in [7, 11) is 0. The molecule has 2 heterocycles. The summed E-state index contributed by atoms with van der Waals surface area (Å²) < 4.78 is 5.01. The average molecular weight is 450 g/mol. The highest BCUT2D eigenvalue weighted by molar-refractivity contribution is 6.10. The largest absolute Gasteiger partial charge is 0.462 e. The summed E-state index contributed by atoms with van der Waals surface area (Å²) in [6.45, 7) is 8.31. The first-order chi connectivity index (χ1) is 15.7. The van der Waals surface area contributed by atoms with E-state index in [0.717, 1.165) is 23.2 Å². The van der Waals surface area contributed by atoms with E-state index in [2.05, 4.69) is 29.8 Å². The fourth-order valence-electron chi connectivity index (χ4n) is 5.03. The van der Waals surface area contributed by atoms with E-state index in [9.17, 15) is 14.4 Å². The highest BCUT2D eigenvalue weighted by Crippen LogP contribution is 2.48. The normalized spacial score (nSPS) is 23.5. The molecule has 1 fully saturated rings. The monoisotopic (exact) mass is 449 g/mol. The Hall–Kier alpha value is -3.19. The molecule has 0 unspecified atom stereocenters. The summed E-state index contributed by atoms with van der Waals surface area (Å²) in [6, 6.07) is 12.5. The van der Waals surface area contributed by atoms with Crippen LogP contribution in [0.5, 0.6) is 0 Å². The van der Waals surface area contributed by atoms with Crippen LogP contribution in [-0.2, 0) is 19.9 Å². The lowest BCUT2D eigenvalue weighted by Crippen LogP contribution is -2.52. The number of carbonyl (C=O) groups excluding carboxylic acids is 3. The van der Waals surface area contributed by atoms with Crippen molar-refractivity contribution in [2.45, 2.75) is 52.1 Å². The number of anilines is 2. The molecule has 0 saturated carbocycles. The van der Waals surface area contributed by atoms with Crippen LogP contribution < -0.4 is 16.0 Å². The van der Waals surface area contributed by atoms with E-state index in [4.69, 9.17) is 4.74 Å². The van der Waals surface area contributed by atoms with Gasteiger partial charge < -0.3 is 15.4 Å². The van der Waals surface area contributed by atoms with E-state index in [1.807, 2.05) is 25.1 Å². The summed E-state index contributed by atoms with van der Waals surface area (Å²) in [4.78, 5) is 38.8. The lowest BCUT2D eigenvalue weighted by molar-refractivity contribution is -0.130. The molecule has 1 saturated heterocycles. The number of ether oxygens (including phenoxy) is 1. The number of carbonyl (C=O) groups is 3. The number of nitrogens with one attached hydrogen (secondary N) is 3. The van der Waals surface area contributed by atoms with Crippen LogP contribution in [0.2, 0.25) is 0 Å². The van der Waals surface area contributed by atoms with Gasteiger partial charge in [-0.1, -0.05) is 31.5 Å². The lowest BCUT2D eigenvalue weighted by Gasteiger charge is -2.29. The number of hydrogen-bond donors (Lipinski definition) is 3. The standard InChI is InChI=1S/C26H31N3O4/c1-5-33-24(31)17-7-9-18(10-8-17)27-23(30)21-14-19(12-15(2)3)29-26(21)20-13-16(4)6-11-22(20)28-25(26)32/h6-11,13,15,19,21,29H,5,12,14H2,1-4H3,(H,27,30)(H,28,32)/t19-,21+,26-/m1/s1. The van der Waals surface area contributed by atoms with Crippen molar-refractivity contribution in [1.82, 2.24) is 5.32 Å². The molecule has 0 radical (unpaired) electrons. The van der Waals surface area contributed by atoms with Crippen LogP contribution in [0.1, 0.15) is 55.1 Å². The third-order valence-corrected chi connectivity index (χ3v) is 6.42. The highest BCUT2D eigenvalue weighted by atomic mass is 16.5. The molecular weight excluding hydrogens is 418 g/mol. The molecule has 0 bridgehead atoms. The predicted molar refractivity (Wildman–Crippen MR) is 127 cm³/mol. The average Bonchev–Trinajstić information content (AvgIpc) is 3.27. The Balaban J connectivity index is 1.63. The second-order valence-corrected chi connectivity index (χ2v) is 9.36. The van der Waals surface area contributed by atoms with E-state index in [-0.39, 0.29) is 17.9 Å². The number of rotatable bonds is 6. The van der Waals surface area contributed by atoms with Crippen molar-refractivity contribution in [3.05, 3.63) is 59.2 Å². The molecule has 2 aromatic carbocycles. The SMILES string of the molecule is CCOC(=O)c1ccc(NC(=O)[C@@H]2C[C@@H](CC(C)C)N[C@@]23C(=O)Nc2ccc(C)cc23)cc1. The minimum absolute atomic E-state index is 0.0455. The molecule has 1 spiro atoms. The van der Waals surface area contributed by atoms with Crippen LogP contribution in [0, 0.1) is 18.8 Å². The van der Waals surface area contributed by atoms with Crippen molar-refractivity contribution in [2.24, 2.45) is 11.8 Å². The predicted octanol–water partition coefficient (Wildman–Crippen LogP) is 3.98. The molecule has 2 amide bonds. The minimum Gasteiger partial charge on any atom is -0.462 e. The van der Waals surface area contributed by atoms with Crippen molar-refractivity contribution in [3.8, 4) is 0 Å². The first kappa shape index (κ1) is 23.0. The molecule has 2 aliphatic heterocycles. The Morgan fingerprint density at radius 2 is 1.91 bits per heavy atom. The summed E-state index contributed by atoms with van der Waals surface area (Å²) in [6.07, 6.45) is 1.43. The fourth-order valence-corrected chi connectivity index (χ4v) is 5.03. The van der Waals surface area contributed by atoms with Gasteiger partial charge in [-0.2, -0.15) is 0 Å². The maximum Gasteiger partial charge on any atom is 0.338 e. The van der Waals surface area contributed by atoms with Crippen LogP contribution >= 0.6 is 0 Å². The molecule has 3 atom stereocenters. The second kappa shape index (κ2) is 8.98. The van der Waals surface area contributed by atoms with E-state index >= 15 is 0 Å². The van der Waals surface area contributed by atoms with Crippen LogP contribution in [0.3, 0.4) is 0 Å². The van der Waals surface area contributed by atoms with E-state index in [1.54, 1.807) is 31.2 Å². The van der Waals surface area contributed by atoms with Crippen molar-refractivity contribution in [2.75, 3.05) is 17.2 Å². The van der Waals surface area contributed by atoms with Crippen molar-refractivity contribution < 1.29 is 19.1 Å². The number of aryl methyl sites for hydroxylation is 1. The van der Waals surface area contributed by atoms with Gasteiger partial charge in [0.1, 0.15) is 5.54 Å². The molecule has 2 aliphatic rings. The van der Waals surface area contributed by atoms with Crippen LogP contribution in [0.4, 0.5) is 11.4 Å². The zero-order valence-corrected chi connectivity index (χ0v) is 19.5. The zero-order valence-electron chi connectivity index (χ0n) is 19.5. The fraction of sp³-hybridized carbons (Fsp3) is 0.423. The molecule has 3 N–H and O–H groups in total. The minimum atomic E-state index is -1.10. The third-order valence-electron chi connectivity index (χ3n) is 6.42. The molecule has 33 heavy (non-hydrogen) atoms. The Labute approximate surface area is 194 Å².